The molecule has 2 heterocycles. The van der Waals surface area contributed by atoms with E-state index in [9.17, 15) is 20.0 Å². The van der Waals surface area contributed by atoms with E-state index in [1.807, 2.05) is 6.07 Å². The molecule has 0 spiro atoms. The van der Waals surface area contributed by atoms with Crippen molar-refractivity contribution >= 4 is 28.4 Å². The second kappa shape index (κ2) is 4.79. The zero-order chi connectivity index (χ0) is 17.1. The van der Waals surface area contributed by atoms with Gasteiger partial charge < -0.3 is 10.0 Å². The van der Waals surface area contributed by atoms with Gasteiger partial charge in [-0.1, -0.05) is 24.3 Å². The molecule has 2 unspecified atom stereocenters. The zero-order valence-corrected chi connectivity index (χ0v) is 13.1. The largest absolute Gasteiger partial charge is 0.390 e. The number of benzene rings is 2. The van der Waals surface area contributed by atoms with Crippen LogP contribution in [0.25, 0.3) is 10.8 Å². The average molecular weight is 321 g/mol. The van der Waals surface area contributed by atoms with Gasteiger partial charge in [0, 0.05) is 17.3 Å². The smallest absolute Gasteiger partial charge is 0.332 e. The minimum Gasteiger partial charge on any atom is -0.390 e. The van der Waals surface area contributed by atoms with Crippen molar-refractivity contribution in [3.05, 3.63) is 42.0 Å². The minimum atomic E-state index is -1.22. The molecule has 0 radical (unpaired) electrons. The SMILES string of the molecule is CC12C(=O)N(c3ccc(C#N)c4ccccc34)C(=O)N1CCC2O. The Balaban J connectivity index is 1.92. The first-order chi connectivity index (χ1) is 11.5. The van der Waals surface area contributed by atoms with Crippen molar-refractivity contribution in [2.45, 2.75) is 25.0 Å². The van der Waals surface area contributed by atoms with Crippen molar-refractivity contribution in [2.75, 3.05) is 11.4 Å². The Morgan fingerprint density at radius 3 is 2.58 bits per heavy atom. The fourth-order valence-electron chi connectivity index (χ4n) is 3.72. The molecule has 2 aliphatic heterocycles. The summed E-state index contributed by atoms with van der Waals surface area (Å²) in [6.07, 6.45) is -0.473. The van der Waals surface area contributed by atoms with E-state index in [-0.39, 0.29) is 0 Å². The molecule has 2 aromatic rings. The lowest BCUT2D eigenvalue weighted by atomic mass is 9.95. The number of anilines is 1. The van der Waals surface area contributed by atoms with Gasteiger partial charge in [0.1, 0.15) is 5.54 Å². The Morgan fingerprint density at radius 2 is 1.92 bits per heavy atom. The van der Waals surface area contributed by atoms with Gasteiger partial charge in [-0.3, -0.25) is 4.79 Å². The van der Waals surface area contributed by atoms with Crippen LogP contribution >= 0.6 is 0 Å². The van der Waals surface area contributed by atoms with Crippen LogP contribution in [-0.2, 0) is 4.79 Å². The standard InChI is InChI=1S/C18H15N3O3/c1-18-15(22)8-9-20(18)17(24)21(16(18)23)14-7-6-11(10-19)12-4-2-3-5-13(12)14/h2-7,15,22H,8-9H2,1H3. The second-order valence-corrected chi connectivity index (χ2v) is 6.32. The molecule has 0 bridgehead atoms. The summed E-state index contributed by atoms with van der Waals surface area (Å²) in [5, 5.41) is 20.8. The molecule has 2 atom stereocenters. The molecule has 24 heavy (non-hydrogen) atoms. The van der Waals surface area contributed by atoms with Gasteiger partial charge in [0.15, 0.2) is 0 Å². The highest BCUT2D eigenvalue weighted by Gasteiger charge is 2.61. The van der Waals surface area contributed by atoms with E-state index in [0.717, 1.165) is 4.90 Å². The van der Waals surface area contributed by atoms with Gasteiger partial charge in [-0.15, -0.1) is 0 Å². The molecule has 1 N–H and O–H groups in total. The molecule has 2 aliphatic rings. The molecule has 0 aliphatic carbocycles. The van der Waals surface area contributed by atoms with E-state index in [2.05, 4.69) is 6.07 Å². The molecule has 2 aromatic carbocycles. The van der Waals surface area contributed by atoms with Crippen LogP contribution in [0.2, 0.25) is 0 Å². The third kappa shape index (κ3) is 1.62. The fourth-order valence-corrected chi connectivity index (χ4v) is 3.72. The molecule has 2 fully saturated rings. The molecule has 120 valence electrons. The van der Waals surface area contributed by atoms with Crippen LogP contribution in [0.15, 0.2) is 36.4 Å². The van der Waals surface area contributed by atoms with Gasteiger partial charge in [-0.2, -0.15) is 5.26 Å². The summed E-state index contributed by atoms with van der Waals surface area (Å²) in [5.41, 5.74) is -0.283. The maximum absolute atomic E-state index is 13.0. The molecule has 6 nitrogen and oxygen atoms in total. The predicted molar refractivity (Wildman–Crippen MR) is 87.3 cm³/mol. The number of carbonyl (C=O) groups excluding carboxylic acids is 2. The maximum Gasteiger partial charge on any atom is 0.332 e. The summed E-state index contributed by atoms with van der Waals surface area (Å²) < 4.78 is 0. The number of amides is 3. The topological polar surface area (TPSA) is 84.6 Å². The summed E-state index contributed by atoms with van der Waals surface area (Å²) >= 11 is 0. The lowest BCUT2D eigenvalue weighted by Crippen LogP contribution is -2.49. The number of aliphatic hydroxyl groups is 1. The van der Waals surface area contributed by atoms with Crippen LogP contribution in [0.3, 0.4) is 0 Å². The van der Waals surface area contributed by atoms with Crippen molar-refractivity contribution in [3.63, 3.8) is 0 Å². The van der Waals surface area contributed by atoms with Crippen molar-refractivity contribution in [1.29, 1.82) is 5.26 Å². The molecule has 4 rings (SSSR count). The van der Waals surface area contributed by atoms with Crippen LogP contribution in [0.1, 0.15) is 18.9 Å². The van der Waals surface area contributed by atoms with E-state index in [1.165, 1.54) is 4.90 Å². The number of fused-ring (bicyclic) bond motifs is 2. The third-order valence-electron chi connectivity index (χ3n) is 5.16. The number of carbonyl (C=O) groups is 2. The first kappa shape index (κ1) is 14.7. The van der Waals surface area contributed by atoms with Crippen LogP contribution in [0.4, 0.5) is 10.5 Å². The number of hydrogen-bond donors (Lipinski definition) is 1. The quantitative estimate of drug-likeness (QED) is 0.814. The van der Waals surface area contributed by atoms with Crippen molar-refractivity contribution in [1.82, 2.24) is 4.90 Å². The average Bonchev–Trinajstić information content (AvgIpc) is 3.00. The number of nitriles is 1. The zero-order valence-electron chi connectivity index (χ0n) is 13.1. The summed E-state index contributed by atoms with van der Waals surface area (Å²) in [6, 6.07) is 12.1. The highest BCUT2D eigenvalue weighted by Crippen LogP contribution is 2.41. The molecular weight excluding hydrogens is 306 g/mol. The predicted octanol–water partition coefficient (Wildman–Crippen LogP) is 2.00. The van der Waals surface area contributed by atoms with Gasteiger partial charge in [0.25, 0.3) is 5.91 Å². The van der Waals surface area contributed by atoms with E-state index < -0.39 is 23.6 Å². The summed E-state index contributed by atoms with van der Waals surface area (Å²) in [6.45, 7) is 1.96. The Morgan fingerprint density at radius 1 is 1.21 bits per heavy atom. The van der Waals surface area contributed by atoms with E-state index in [1.54, 1.807) is 37.3 Å². The van der Waals surface area contributed by atoms with Crippen LogP contribution in [-0.4, -0.2) is 40.1 Å². The van der Waals surface area contributed by atoms with Gasteiger partial charge in [-0.25, -0.2) is 9.69 Å². The lowest BCUT2D eigenvalue weighted by Gasteiger charge is -2.26. The minimum absolute atomic E-state index is 0.354. The van der Waals surface area contributed by atoms with Crippen molar-refractivity contribution in [3.8, 4) is 6.07 Å². The van der Waals surface area contributed by atoms with E-state index >= 15 is 0 Å². The van der Waals surface area contributed by atoms with Crippen molar-refractivity contribution < 1.29 is 14.7 Å². The van der Waals surface area contributed by atoms with Gasteiger partial charge >= 0.3 is 6.03 Å². The van der Waals surface area contributed by atoms with Gasteiger partial charge in [0.2, 0.25) is 0 Å². The Labute approximate surface area is 138 Å². The number of aliphatic hydroxyl groups excluding tert-OH is 1. The number of imide groups is 1. The number of nitrogens with zero attached hydrogens (tertiary/aromatic N) is 3. The first-order valence-corrected chi connectivity index (χ1v) is 7.76. The van der Waals surface area contributed by atoms with E-state index in [4.69, 9.17) is 0 Å². The monoisotopic (exact) mass is 321 g/mol. The Bertz CT molecular complexity index is 933. The number of hydrogen-bond acceptors (Lipinski definition) is 4. The molecule has 0 aromatic heterocycles. The highest BCUT2D eigenvalue weighted by atomic mass is 16.3. The summed E-state index contributed by atoms with van der Waals surface area (Å²) in [5.74, 6) is -0.424. The lowest BCUT2D eigenvalue weighted by molar-refractivity contribution is -0.126. The first-order valence-electron chi connectivity index (χ1n) is 7.76. The molecule has 0 saturated carbocycles. The second-order valence-electron chi connectivity index (χ2n) is 6.32. The molecule has 3 amide bonds. The molecule has 6 heteroatoms. The molecule has 2 saturated heterocycles. The van der Waals surface area contributed by atoms with Crippen LogP contribution < -0.4 is 4.90 Å². The summed E-state index contributed by atoms with van der Waals surface area (Å²) in [4.78, 5) is 28.3. The number of urea groups is 1. The summed E-state index contributed by atoms with van der Waals surface area (Å²) in [7, 11) is 0. The third-order valence-corrected chi connectivity index (χ3v) is 5.16. The van der Waals surface area contributed by atoms with Gasteiger partial charge in [-0.05, 0) is 25.5 Å². The van der Waals surface area contributed by atoms with Gasteiger partial charge in [0.05, 0.1) is 23.4 Å². The Kier molecular flexibility index (Phi) is 2.93. The van der Waals surface area contributed by atoms with Crippen LogP contribution in [0.5, 0.6) is 0 Å². The van der Waals surface area contributed by atoms with E-state index in [0.29, 0.717) is 35.0 Å². The Hall–Kier alpha value is -2.91. The normalized spacial score (nSPS) is 26.1. The maximum atomic E-state index is 13.0. The van der Waals surface area contributed by atoms with Crippen molar-refractivity contribution in [2.24, 2.45) is 0 Å². The highest BCUT2D eigenvalue weighted by molar-refractivity contribution is 6.26. The number of rotatable bonds is 1. The molecular formula is C18H15N3O3. The van der Waals surface area contributed by atoms with Crippen LogP contribution in [0, 0.1) is 11.3 Å². The fraction of sp³-hybridized carbons (Fsp3) is 0.278.